The highest BCUT2D eigenvalue weighted by Gasteiger charge is 2.39. The predicted octanol–water partition coefficient (Wildman–Crippen LogP) is 1.11. The van der Waals surface area contributed by atoms with Gasteiger partial charge in [0.15, 0.2) is 0 Å². The molecule has 0 bridgehead atoms. The second-order valence-electron chi connectivity index (χ2n) is 4.73. The molecule has 0 aliphatic heterocycles. The van der Waals surface area contributed by atoms with Crippen LogP contribution >= 0.6 is 0 Å². The van der Waals surface area contributed by atoms with Gasteiger partial charge in [-0.05, 0) is 19.8 Å². The van der Waals surface area contributed by atoms with Crippen molar-refractivity contribution in [2.45, 2.75) is 26.2 Å². The van der Waals surface area contributed by atoms with Crippen LogP contribution in [0.15, 0.2) is 0 Å². The largest absolute Gasteiger partial charge is 0.481 e. The van der Waals surface area contributed by atoms with Gasteiger partial charge in [0.25, 0.3) is 0 Å². The molecule has 0 aromatic heterocycles. The summed E-state index contributed by atoms with van der Waals surface area (Å²) in [4.78, 5) is 24.5. The summed E-state index contributed by atoms with van der Waals surface area (Å²) in [5.41, 5.74) is 0. The maximum absolute atomic E-state index is 12.1. The summed E-state index contributed by atoms with van der Waals surface area (Å²) >= 11 is 0. The highest BCUT2D eigenvalue weighted by molar-refractivity contribution is 5.85. The van der Waals surface area contributed by atoms with Crippen LogP contribution in [0, 0.1) is 29.1 Å². The van der Waals surface area contributed by atoms with E-state index in [1.54, 1.807) is 14.0 Å². The average molecular weight is 238 g/mol. The Morgan fingerprint density at radius 2 is 2.06 bits per heavy atom. The lowest BCUT2D eigenvalue weighted by atomic mass is 9.94. The molecule has 17 heavy (non-hydrogen) atoms. The molecule has 0 aromatic carbocycles. The van der Waals surface area contributed by atoms with Gasteiger partial charge in [0.05, 0.1) is 23.8 Å². The number of carboxylic acids is 1. The first-order valence-electron chi connectivity index (χ1n) is 5.84. The molecule has 94 valence electrons. The van der Waals surface area contributed by atoms with Crippen LogP contribution in [0.2, 0.25) is 0 Å². The molecule has 5 nitrogen and oxygen atoms in total. The SMILES string of the molecule is CC(C#N)CN(C)C(=O)[C@@H]1CCC[C@@H]1C(=O)O. The smallest absolute Gasteiger partial charge is 0.307 e. The Morgan fingerprint density at radius 3 is 2.59 bits per heavy atom. The van der Waals surface area contributed by atoms with Crippen molar-refractivity contribution in [1.29, 1.82) is 5.26 Å². The molecule has 1 fully saturated rings. The fourth-order valence-electron chi connectivity index (χ4n) is 2.38. The van der Waals surface area contributed by atoms with Crippen LogP contribution < -0.4 is 0 Å². The Kier molecular flexibility index (Phi) is 4.50. The Morgan fingerprint density at radius 1 is 1.47 bits per heavy atom. The molecule has 0 heterocycles. The monoisotopic (exact) mass is 238 g/mol. The van der Waals surface area contributed by atoms with Crippen molar-refractivity contribution in [3.63, 3.8) is 0 Å². The standard InChI is InChI=1S/C12H18N2O3/c1-8(6-13)7-14(2)11(15)9-4-3-5-10(9)12(16)17/h8-10H,3-5,7H2,1-2H3,(H,16,17)/t8?,9-,10+/m1/s1. The molecule has 0 saturated heterocycles. The number of hydrogen-bond acceptors (Lipinski definition) is 3. The molecule has 1 aliphatic rings. The molecule has 1 saturated carbocycles. The van der Waals surface area contributed by atoms with Crippen molar-refractivity contribution < 1.29 is 14.7 Å². The Balaban J connectivity index is 2.63. The fourth-order valence-corrected chi connectivity index (χ4v) is 2.38. The lowest BCUT2D eigenvalue weighted by molar-refractivity contribution is -0.148. The lowest BCUT2D eigenvalue weighted by Crippen LogP contribution is -2.38. The van der Waals surface area contributed by atoms with Crippen LogP contribution in [0.5, 0.6) is 0 Å². The normalized spacial score (nSPS) is 25.0. The van der Waals surface area contributed by atoms with E-state index in [0.717, 1.165) is 6.42 Å². The number of nitrogens with zero attached hydrogens (tertiary/aromatic N) is 2. The van der Waals surface area contributed by atoms with Gasteiger partial charge in [-0.3, -0.25) is 9.59 Å². The molecular weight excluding hydrogens is 220 g/mol. The minimum Gasteiger partial charge on any atom is -0.481 e. The second-order valence-corrected chi connectivity index (χ2v) is 4.73. The first-order valence-corrected chi connectivity index (χ1v) is 5.84. The van der Waals surface area contributed by atoms with E-state index in [4.69, 9.17) is 10.4 Å². The van der Waals surface area contributed by atoms with E-state index in [2.05, 4.69) is 6.07 Å². The van der Waals surface area contributed by atoms with Gasteiger partial charge in [-0.1, -0.05) is 6.42 Å². The van der Waals surface area contributed by atoms with Gasteiger partial charge in [0.1, 0.15) is 0 Å². The van der Waals surface area contributed by atoms with Crippen molar-refractivity contribution in [3.8, 4) is 6.07 Å². The molecule has 3 atom stereocenters. The molecule has 1 amide bonds. The second kappa shape index (κ2) is 5.67. The van der Waals surface area contributed by atoms with Gasteiger partial charge >= 0.3 is 5.97 Å². The zero-order valence-corrected chi connectivity index (χ0v) is 10.2. The number of amides is 1. The third kappa shape index (κ3) is 3.19. The molecule has 1 unspecified atom stereocenters. The zero-order valence-electron chi connectivity index (χ0n) is 10.2. The van der Waals surface area contributed by atoms with Gasteiger partial charge in [0.2, 0.25) is 5.91 Å². The van der Waals surface area contributed by atoms with E-state index in [-0.39, 0.29) is 11.8 Å². The van der Waals surface area contributed by atoms with E-state index in [1.807, 2.05) is 0 Å². The van der Waals surface area contributed by atoms with Crippen molar-refractivity contribution in [2.24, 2.45) is 17.8 Å². The Hall–Kier alpha value is -1.57. The van der Waals surface area contributed by atoms with Gasteiger partial charge in [-0.25, -0.2) is 0 Å². The summed E-state index contributed by atoms with van der Waals surface area (Å²) < 4.78 is 0. The van der Waals surface area contributed by atoms with E-state index < -0.39 is 17.8 Å². The molecule has 5 heteroatoms. The van der Waals surface area contributed by atoms with E-state index in [1.165, 1.54) is 4.90 Å². The number of nitriles is 1. The summed E-state index contributed by atoms with van der Waals surface area (Å²) in [5, 5.41) is 17.7. The first kappa shape index (κ1) is 13.5. The van der Waals surface area contributed by atoms with E-state index in [9.17, 15) is 9.59 Å². The fraction of sp³-hybridized carbons (Fsp3) is 0.750. The van der Waals surface area contributed by atoms with E-state index >= 15 is 0 Å². The maximum atomic E-state index is 12.1. The third-order valence-corrected chi connectivity index (χ3v) is 3.29. The third-order valence-electron chi connectivity index (χ3n) is 3.29. The summed E-state index contributed by atoms with van der Waals surface area (Å²) in [6, 6.07) is 2.07. The van der Waals surface area contributed by atoms with Crippen molar-refractivity contribution >= 4 is 11.9 Å². The Labute approximate surface area is 101 Å². The van der Waals surface area contributed by atoms with Gasteiger partial charge in [0, 0.05) is 13.6 Å². The number of carbonyl (C=O) groups excluding carboxylic acids is 1. The summed E-state index contributed by atoms with van der Waals surface area (Å²) in [5.74, 6) is -2.22. The van der Waals surface area contributed by atoms with E-state index in [0.29, 0.717) is 19.4 Å². The number of hydrogen-bond donors (Lipinski definition) is 1. The van der Waals surface area contributed by atoms with Crippen molar-refractivity contribution in [1.82, 2.24) is 4.90 Å². The quantitative estimate of drug-likeness (QED) is 0.795. The van der Waals surface area contributed by atoms with Crippen LogP contribution in [0.25, 0.3) is 0 Å². The van der Waals surface area contributed by atoms with Crippen molar-refractivity contribution in [3.05, 3.63) is 0 Å². The molecule has 0 spiro atoms. The molecule has 0 radical (unpaired) electrons. The number of aliphatic carboxylic acids is 1. The predicted molar refractivity (Wildman–Crippen MR) is 60.9 cm³/mol. The number of carboxylic acid groups (broad SMARTS) is 1. The molecular formula is C12H18N2O3. The van der Waals surface area contributed by atoms with Crippen LogP contribution in [-0.2, 0) is 9.59 Å². The summed E-state index contributed by atoms with van der Waals surface area (Å²) in [7, 11) is 1.63. The molecule has 0 aromatic rings. The highest BCUT2D eigenvalue weighted by atomic mass is 16.4. The molecule has 1 aliphatic carbocycles. The van der Waals surface area contributed by atoms with Crippen LogP contribution in [0.4, 0.5) is 0 Å². The minimum atomic E-state index is -0.886. The topological polar surface area (TPSA) is 81.4 Å². The first-order chi connectivity index (χ1) is 7.97. The molecule has 1 rings (SSSR count). The van der Waals surface area contributed by atoms with Crippen LogP contribution in [-0.4, -0.2) is 35.5 Å². The lowest BCUT2D eigenvalue weighted by Gasteiger charge is -2.24. The maximum Gasteiger partial charge on any atom is 0.307 e. The summed E-state index contributed by atoms with van der Waals surface area (Å²) in [6.45, 7) is 2.10. The molecule has 1 N–H and O–H groups in total. The summed E-state index contributed by atoms with van der Waals surface area (Å²) in [6.07, 6.45) is 2.00. The zero-order chi connectivity index (χ0) is 13.0. The van der Waals surface area contributed by atoms with Crippen LogP contribution in [0.1, 0.15) is 26.2 Å². The van der Waals surface area contributed by atoms with Gasteiger partial charge < -0.3 is 10.0 Å². The van der Waals surface area contributed by atoms with Gasteiger partial charge in [-0.2, -0.15) is 5.26 Å². The van der Waals surface area contributed by atoms with Gasteiger partial charge in [-0.15, -0.1) is 0 Å². The van der Waals surface area contributed by atoms with Crippen LogP contribution in [0.3, 0.4) is 0 Å². The minimum absolute atomic E-state index is 0.142. The number of carbonyl (C=O) groups is 2. The Bertz CT molecular complexity index is 348. The van der Waals surface area contributed by atoms with Crippen molar-refractivity contribution in [2.75, 3.05) is 13.6 Å². The highest BCUT2D eigenvalue weighted by Crippen LogP contribution is 2.33. The number of rotatable bonds is 4. The average Bonchev–Trinajstić information content (AvgIpc) is 2.76.